The minimum absolute atomic E-state index is 0.533. The molecule has 0 saturated carbocycles. The van der Waals surface area contributed by atoms with Crippen LogP contribution in [0.3, 0.4) is 0 Å². The third-order valence-electron chi connectivity index (χ3n) is 4.86. The highest BCUT2D eigenvalue weighted by atomic mass is 16.6. The highest BCUT2D eigenvalue weighted by molar-refractivity contribution is 5.86. The number of para-hydroxylation sites is 1. The number of nitrogens with zero attached hydrogens (tertiary/aromatic N) is 4. The third kappa shape index (κ3) is 4.15. The van der Waals surface area contributed by atoms with Crippen LogP contribution in [0, 0.1) is 0 Å². The summed E-state index contributed by atoms with van der Waals surface area (Å²) in [5.74, 6) is -1.05. The molecule has 2 heterocycles. The van der Waals surface area contributed by atoms with E-state index in [4.69, 9.17) is 4.74 Å². The zero-order chi connectivity index (χ0) is 22.2. The molecule has 1 aromatic heterocycles. The average Bonchev–Trinajstić information content (AvgIpc) is 3.11. The summed E-state index contributed by atoms with van der Waals surface area (Å²) in [6.45, 7) is 5.26. The number of aromatic nitrogens is 2. The number of aliphatic carboxylic acids is 1. The Morgan fingerprint density at radius 3 is 2.68 bits per heavy atom. The van der Waals surface area contributed by atoms with E-state index in [1.165, 1.54) is 16.6 Å². The Kier molecular flexibility index (Phi) is 5.24. The Labute approximate surface area is 179 Å². The van der Waals surface area contributed by atoms with E-state index in [9.17, 15) is 14.7 Å². The van der Waals surface area contributed by atoms with Gasteiger partial charge in [0.15, 0.2) is 6.04 Å². The maximum atomic E-state index is 12.6. The number of hydrogen-bond acceptors (Lipinski definition) is 8. The lowest BCUT2D eigenvalue weighted by atomic mass is 9.91. The summed E-state index contributed by atoms with van der Waals surface area (Å²) in [5.41, 5.74) is 8.54. The lowest BCUT2D eigenvalue weighted by Crippen LogP contribution is -2.61. The van der Waals surface area contributed by atoms with Gasteiger partial charge in [-0.2, -0.15) is 5.12 Å². The quantitative estimate of drug-likeness (QED) is 0.635. The Morgan fingerprint density at radius 2 is 2.00 bits per heavy atom. The van der Waals surface area contributed by atoms with Crippen molar-refractivity contribution in [3.63, 3.8) is 0 Å². The molecule has 2 aliphatic rings. The summed E-state index contributed by atoms with van der Waals surface area (Å²) in [6.07, 6.45) is 3.63. The monoisotopic (exact) mass is 424 g/mol. The van der Waals surface area contributed by atoms with Gasteiger partial charge < -0.3 is 9.84 Å². The van der Waals surface area contributed by atoms with Crippen molar-refractivity contribution in [1.29, 1.82) is 0 Å². The number of benzene rings is 1. The van der Waals surface area contributed by atoms with Crippen LogP contribution in [0.2, 0.25) is 0 Å². The molecule has 1 aliphatic carbocycles. The van der Waals surface area contributed by atoms with Crippen LogP contribution in [0.5, 0.6) is 0 Å². The molecule has 162 valence electrons. The summed E-state index contributed by atoms with van der Waals surface area (Å²) >= 11 is 0. The number of carboxylic acids is 1. The standard InChI is InChI=1S/C21H24N6O4/c1-21(2,3)31-20(30)25-26(14-7-5-4-6-8-14)27-18(19(28)29)15-10-9-13-11-22-12-23-16(13)17(15)24-27/h4-8,11-12,18,24H,9-10H2,1-3H3,(H,25,30)(H,28,29). The van der Waals surface area contributed by atoms with Crippen LogP contribution in [0.1, 0.15) is 38.4 Å². The number of carbonyl (C=O) groups is 2. The number of nitrogens with one attached hydrogen (secondary N) is 2. The van der Waals surface area contributed by atoms with Crippen molar-refractivity contribution >= 4 is 23.4 Å². The lowest BCUT2D eigenvalue weighted by Gasteiger charge is -2.36. The average molecular weight is 424 g/mol. The molecule has 10 heteroatoms. The minimum atomic E-state index is -1.05. The molecule has 1 atom stereocenters. The second-order valence-corrected chi connectivity index (χ2v) is 8.26. The van der Waals surface area contributed by atoms with Gasteiger partial charge in [0.1, 0.15) is 11.9 Å². The van der Waals surface area contributed by atoms with Gasteiger partial charge in [0, 0.05) is 6.20 Å². The number of amides is 1. The van der Waals surface area contributed by atoms with Gasteiger partial charge in [-0.1, -0.05) is 23.3 Å². The number of fused-ring (bicyclic) bond motifs is 2. The van der Waals surface area contributed by atoms with Gasteiger partial charge in [-0.25, -0.2) is 20.2 Å². The Morgan fingerprint density at radius 1 is 1.26 bits per heavy atom. The van der Waals surface area contributed by atoms with E-state index in [1.54, 1.807) is 51.2 Å². The van der Waals surface area contributed by atoms with Gasteiger partial charge in [0.2, 0.25) is 0 Å². The van der Waals surface area contributed by atoms with E-state index >= 15 is 0 Å². The summed E-state index contributed by atoms with van der Waals surface area (Å²) in [5, 5.41) is 12.8. The molecule has 0 radical (unpaired) electrons. The van der Waals surface area contributed by atoms with Crippen molar-refractivity contribution in [2.24, 2.45) is 0 Å². The molecule has 31 heavy (non-hydrogen) atoms. The molecule has 10 nitrogen and oxygen atoms in total. The largest absolute Gasteiger partial charge is 0.480 e. The Balaban J connectivity index is 1.71. The molecule has 0 saturated heterocycles. The first kappa shape index (κ1) is 20.6. The van der Waals surface area contributed by atoms with Gasteiger partial charge in [-0.15, -0.1) is 0 Å². The summed E-state index contributed by atoms with van der Waals surface area (Å²) < 4.78 is 5.39. The SMILES string of the molecule is CC(C)(C)OC(=O)NN(c1ccccc1)N1NC2=C(CCc3cncnc32)C1C(=O)O. The van der Waals surface area contributed by atoms with Gasteiger partial charge in [-0.05, 0) is 56.9 Å². The first-order chi connectivity index (χ1) is 14.7. The summed E-state index contributed by atoms with van der Waals surface area (Å²) in [6, 6.07) is 7.88. The number of hydrogen-bond donors (Lipinski definition) is 3. The first-order valence-electron chi connectivity index (χ1n) is 9.90. The highest BCUT2D eigenvalue weighted by Gasteiger charge is 2.44. The number of anilines is 1. The Hall–Kier alpha value is -3.66. The number of rotatable bonds is 4. The smallest absolute Gasteiger partial charge is 0.427 e. The van der Waals surface area contributed by atoms with E-state index in [0.717, 1.165) is 5.56 Å². The van der Waals surface area contributed by atoms with Crippen molar-refractivity contribution < 1.29 is 19.4 Å². The Bertz CT molecular complexity index is 1030. The van der Waals surface area contributed by atoms with Crippen molar-refractivity contribution in [3.8, 4) is 0 Å². The van der Waals surface area contributed by atoms with E-state index in [-0.39, 0.29) is 0 Å². The molecular weight excluding hydrogens is 400 g/mol. The topological polar surface area (TPSA) is 120 Å². The molecular formula is C21H24N6O4. The predicted octanol–water partition coefficient (Wildman–Crippen LogP) is 2.27. The van der Waals surface area contributed by atoms with Gasteiger partial charge in [-0.3, -0.25) is 10.2 Å². The number of ether oxygens (including phenoxy) is 1. The van der Waals surface area contributed by atoms with Crippen LogP contribution in [0.4, 0.5) is 10.5 Å². The van der Waals surface area contributed by atoms with Gasteiger partial charge in [0.05, 0.1) is 17.1 Å². The fourth-order valence-corrected chi connectivity index (χ4v) is 3.66. The minimum Gasteiger partial charge on any atom is -0.480 e. The third-order valence-corrected chi connectivity index (χ3v) is 4.86. The fraction of sp³-hybridized carbons (Fsp3) is 0.333. The van der Waals surface area contributed by atoms with Crippen molar-refractivity contribution in [1.82, 2.24) is 25.9 Å². The predicted molar refractivity (Wildman–Crippen MR) is 112 cm³/mol. The van der Waals surface area contributed by atoms with Gasteiger partial charge >= 0.3 is 12.1 Å². The molecule has 0 bridgehead atoms. The van der Waals surface area contributed by atoms with E-state index in [0.29, 0.717) is 35.5 Å². The summed E-state index contributed by atoms with van der Waals surface area (Å²) in [7, 11) is 0. The number of carbonyl (C=O) groups excluding carboxylic acids is 1. The number of carboxylic acid groups (broad SMARTS) is 1. The van der Waals surface area contributed by atoms with Crippen LogP contribution < -0.4 is 16.0 Å². The zero-order valence-corrected chi connectivity index (χ0v) is 17.5. The van der Waals surface area contributed by atoms with E-state index in [2.05, 4.69) is 20.8 Å². The van der Waals surface area contributed by atoms with Crippen molar-refractivity contribution in [2.45, 2.75) is 45.3 Å². The second kappa shape index (κ2) is 7.88. The normalized spacial score (nSPS) is 18.0. The maximum absolute atomic E-state index is 12.6. The number of hydrazine groups is 3. The van der Waals surface area contributed by atoms with Crippen LogP contribution >= 0.6 is 0 Å². The second-order valence-electron chi connectivity index (χ2n) is 8.26. The highest BCUT2D eigenvalue weighted by Crippen LogP contribution is 2.37. The molecule has 0 spiro atoms. The van der Waals surface area contributed by atoms with Crippen LogP contribution in [-0.4, -0.2) is 43.9 Å². The molecule has 1 aromatic carbocycles. The molecule has 1 unspecified atom stereocenters. The molecule has 0 fully saturated rings. The van der Waals surface area contributed by atoms with Crippen LogP contribution in [0.15, 0.2) is 48.4 Å². The van der Waals surface area contributed by atoms with Crippen LogP contribution in [0.25, 0.3) is 5.70 Å². The molecule has 1 aliphatic heterocycles. The summed E-state index contributed by atoms with van der Waals surface area (Å²) in [4.78, 5) is 33.3. The molecule has 1 amide bonds. The van der Waals surface area contributed by atoms with Gasteiger partial charge in [0.25, 0.3) is 0 Å². The lowest BCUT2D eigenvalue weighted by molar-refractivity contribution is -0.142. The molecule has 4 rings (SSSR count). The van der Waals surface area contributed by atoms with Crippen molar-refractivity contribution in [2.75, 3.05) is 5.12 Å². The molecule has 2 aromatic rings. The first-order valence-corrected chi connectivity index (χ1v) is 9.90. The van der Waals surface area contributed by atoms with E-state index in [1.807, 2.05) is 6.07 Å². The van der Waals surface area contributed by atoms with Crippen molar-refractivity contribution in [3.05, 3.63) is 59.7 Å². The van der Waals surface area contributed by atoms with Crippen LogP contribution in [-0.2, 0) is 16.0 Å². The maximum Gasteiger partial charge on any atom is 0.427 e. The number of aryl methyl sites for hydroxylation is 1. The van der Waals surface area contributed by atoms with E-state index < -0.39 is 23.7 Å². The fourth-order valence-electron chi connectivity index (χ4n) is 3.66. The zero-order valence-electron chi connectivity index (χ0n) is 17.5. The molecule has 3 N–H and O–H groups in total.